The van der Waals surface area contributed by atoms with Gasteiger partial charge in [-0.2, -0.15) is 0 Å². The molecule has 0 bridgehead atoms. The summed E-state index contributed by atoms with van der Waals surface area (Å²) in [5, 5.41) is 5.27. The molecule has 2 aromatic carbocycles. The van der Waals surface area contributed by atoms with Gasteiger partial charge in [0.15, 0.2) is 0 Å². The second-order valence-corrected chi connectivity index (χ2v) is 9.32. The van der Waals surface area contributed by atoms with Gasteiger partial charge in [-0.3, -0.25) is 14.8 Å². The van der Waals surface area contributed by atoms with E-state index in [2.05, 4.69) is 22.1 Å². The molecule has 0 saturated heterocycles. The number of rotatable bonds is 3. The summed E-state index contributed by atoms with van der Waals surface area (Å²) >= 11 is 0. The van der Waals surface area contributed by atoms with Crippen LogP contribution in [0.25, 0.3) is 11.3 Å². The minimum atomic E-state index is -3.82. The van der Waals surface area contributed by atoms with E-state index in [0.29, 0.717) is 31.5 Å². The highest BCUT2D eigenvalue weighted by molar-refractivity contribution is 7.89. The average molecular weight is 420 g/mol. The van der Waals surface area contributed by atoms with E-state index in [0.717, 1.165) is 22.4 Å². The molecule has 1 amide bonds. The fourth-order valence-electron chi connectivity index (χ4n) is 4.39. The summed E-state index contributed by atoms with van der Waals surface area (Å²) in [5.41, 5.74) is 5.73. The molecule has 2 aliphatic rings. The van der Waals surface area contributed by atoms with E-state index in [1.54, 1.807) is 29.6 Å². The van der Waals surface area contributed by atoms with Crippen molar-refractivity contribution in [1.29, 1.82) is 0 Å². The normalized spacial score (nSPS) is 17.6. The first-order chi connectivity index (χ1) is 14.4. The topological polar surface area (TPSA) is 106 Å². The van der Waals surface area contributed by atoms with Crippen LogP contribution in [0, 0.1) is 5.92 Å². The predicted molar refractivity (Wildman–Crippen MR) is 112 cm³/mol. The number of amides is 1. The number of carbonyl (C=O) groups is 1. The van der Waals surface area contributed by atoms with Crippen LogP contribution in [-0.2, 0) is 34.1 Å². The van der Waals surface area contributed by atoms with Crippen molar-refractivity contribution in [2.45, 2.75) is 24.2 Å². The molecule has 5 rings (SSSR count). The van der Waals surface area contributed by atoms with Gasteiger partial charge in [0.25, 0.3) is 0 Å². The Bertz CT molecular complexity index is 1260. The Hall–Kier alpha value is -3.10. The van der Waals surface area contributed by atoms with E-state index >= 15 is 0 Å². The molecule has 1 aliphatic carbocycles. The standard InChI is InChI=1S/C22H20N4O3S/c23-30(28,29)19-4-3-14-5-8-26(21(14)12-19)22(27)18-9-15-1-2-16(10-17(15)11-18)20-13-24-6-7-25-20/h1-4,6-7,10,12-13,18H,5,8-9,11H2,(H2,23,28,29)/t18-/m0/s1. The molecule has 7 nitrogen and oxygen atoms in total. The van der Waals surface area contributed by atoms with Crippen LogP contribution in [0.2, 0.25) is 0 Å². The molecular weight excluding hydrogens is 400 g/mol. The quantitative estimate of drug-likeness (QED) is 0.698. The number of nitrogens with two attached hydrogens (primary N) is 1. The Morgan fingerprint density at radius 1 is 1.03 bits per heavy atom. The summed E-state index contributed by atoms with van der Waals surface area (Å²) in [6, 6.07) is 10.9. The monoisotopic (exact) mass is 420 g/mol. The van der Waals surface area contributed by atoms with Gasteiger partial charge in [-0.25, -0.2) is 13.6 Å². The van der Waals surface area contributed by atoms with Crippen molar-refractivity contribution in [1.82, 2.24) is 9.97 Å². The number of aromatic nitrogens is 2. The van der Waals surface area contributed by atoms with Crippen molar-refractivity contribution in [3.05, 3.63) is 71.7 Å². The summed E-state index contributed by atoms with van der Waals surface area (Å²) in [4.78, 5) is 23.5. The summed E-state index contributed by atoms with van der Waals surface area (Å²) < 4.78 is 23.5. The number of anilines is 1. The molecule has 30 heavy (non-hydrogen) atoms. The molecule has 1 aliphatic heterocycles. The lowest BCUT2D eigenvalue weighted by Gasteiger charge is -2.21. The minimum Gasteiger partial charge on any atom is -0.312 e. The highest BCUT2D eigenvalue weighted by Gasteiger charge is 2.34. The number of sulfonamides is 1. The maximum Gasteiger partial charge on any atom is 0.238 e. The maximum atomic E-state index is 13.3. The molecule has 1 aromatic heterocycles. The second kappa shape index (κ2) is 7.00. The first-order valence-electron chi connectivity index (χ1n) is 9.75. The Kier molecular flexibility index (Phi) is 4.41. The van der Waals surface area contributed by atoms with Crippen molar-refractivity contribution >= 4 is 21.6 Å². The van der Waals surface area contributed by atoms with E-state index in [9.17, 15) is 13.2 Å². The molecule has 152 valence electrons. The molecule has 0 saturated carbocycles. The number of benzene rings is 2. The van der Waals surface area contributed by atoms with Gasteiger partial charge >= 0.3 is 0 Å². The van der Waals surface area contributed by atoms with Gasteiger partial charge in [0.1, 0.15) is 0 Å². The number of fused-ring (bicyclic) bond motifs is 2. The molecule has 1 atom stereocenters. The van der Waals surface area contributed by atoms with E-state index in [4.69, 9.17) is 5.14 Å². The zero-order valence-corrected chi connectivity index (χ0v) is 17.0. The number of nitrogens with zero attached hydrogens (tertiary/aromatic N) is 3. The van der Waals surface area contributed by atoms with Crippen molar-refractivity contribution in [3.63, 3.8) is 0 Å². The van der Waals surface area contributed by atoms with Crippen LogP contribution in [0.4, 0.5) is 5.69 Å². The maximum absolute atomic E-state index is 13.3. The van der Waals surface area contributed by atoms with Crippen molar-refractivity contribution in [2.24, 2.45) is 11.1 Å². The Labute approximate surface area is 174 Å². The number of hydrogen-bond donors (Lipinski definition) is 1. The van der Waals surface area contributed by atoms with Gasteiger partial charge in [0.2, 0.25) is 15.9 Å². The van der Waals surface area contributed by atoms with Crippen LogP contribution < -0.4 is 10.0 Å². The fraction of sp³-hybridized carbons (Fsp3) is 0.227. The third kappa shape index (κ3) is 3.28. The van der Waals surface area contributed by atoms with E-state index < -0.39 is 10.0 Å². The predicted octanol–water partition coefficient (Wildman–Crippen LogP) is 2.10. The Balaban J connectivity index is 1.40. The third-order valence-corrected chi connectivity index (χ3v) is 6.80. The molecule has 2 heterocycles. The van der Waals surface area contributed by atoms with Crippen molar-refractivity contribution in [2.75, 3.05) is 11.4 Å². The van der Waals surface area contributed by atoms with Crippen LogP contribution in [0.5, 0.6) is 0 Å². The van der Waals surface area contributed by atoms with Gasteiger partial charge in [-0.1, -0.05) is 18.2 Å². The van der Waals surface area contributed by atoms with Crippen LogP contribution in [0.15, 0.2) is 59.9 Å². The number of primary sulfonamides is 1. The van der Waals surface area contributed by atoms with Gasteiger partial charge in [0.05, 0.1) is 16.8 Å². The zero-order chi connectivity index (χ0) is 20.9. The van der Waals surface area contributed by atoms with E-state index in [-0.39, 0.29) is 16.7 Å². The minimum absolute atomic E-state index is 0.0255. The first-order valence-corrected chi connectivity index (χ1v) is 11.3. The molecular formula is C22H20N4O3S. The first kappa shape index (κ1) is 18.9. The number of hydrogen-bond acceptors (Lipinski definition) is 5. The lowest BCUT2D eigenvalue weighted by atomic mass is 10.0. The number of carbonyl (C=O) groups excluding carboxylic acids is 1. The molecule has 2 N–H and O–H groups in total. The van der Waals surface area contributed by atoms with Crippen LogP contribution in [-0.4, -0.2) is 30.8 Å². The van der Waals surface area contributed by atoms with E-state index in [1.807, 2.05) is 6.07 Å². The van der Waals surface area contributed by atoms with Gasteiger partial charge in [-0.05, 0) is 54.2 Å². The Morgan fingerprint density at radius 3 is 2.60 bits per heavy atom. The molecule has 0 unspecified atom stereocenters. The highest BCUT2D eigenvalue weighted by atomic mass is 32.2. The van der Waals surface area contributed by atoms with E-state index in [1.165, 1.54) is 17.7 Å². The summed E-state index contributed by atoms with van der Waals surface area (Å²) in [5.74, 6) is -0.140. The molecule has 0 spiro atoms. The SMILES string of the molecule is NS(=O)(=O)c1ccc2c(c1)N(C(=O)[C@H]1Cc3ccc(-c4cnccn4)cc3C1)CC2. The second-order valence-electron chi connectivity index (χ2n) is 7.75. The average Bonchev–Trinajstić information content (AvgIpc) is 3.36. The lowest BCUT2D eigenvalue weighted by molar-refractivity contribution is -0.122. The van der Waals surface area contributed by atoms with Crippen LogP contribution in [0.3, 0.4) is 0 Å². The van der Waals surface area contributed by atoms with Crippen molar-refractivity contribution in [3.8, 4) is 11.3 Å². The lowest BCUT2D eigenvalue weighted by Crippen LogP contribution is -2.35. The fourth-order valence-corrected chi connectivity index (χ4v) is 4.92. The molecule has 0 radical (unpaired) electrons. The highest BCUT2D eigenvalue weighted by Crippen LogP contribution is 2.36. The third-order valence-electron chi connectivity index (χ3n) is 5.89. The van der Waals surface area contributed by atoms with Crippen molar-refractivity contribution < 1.29 is 13.2 Å². The van der Waals surface area contributed by atoms with Crippen LogP contribution >= 0.6 is 0 Å². The summed E-state index contributed by atoms with van der Waals surface area (Å²) in [6.45, 7) is 0.555. The van der Waals surface area contributed by atoms with Gasteiger partial charge < -0.3 is 4.90 Å². The zero-order valence-electron chi connectivity index (χ0n) is 16.2. The summed E-state index contributed by atoms with van der Waals surface area (Å²) in [6.07, 6.45) is 7.07. The van der Waals surface area contributed by atoms with Gasteiger partial charge in [0, 0.05) is 36.1 Å². The molecule has 0 fully saturated rings. The summed E-state index contributed by atoms with van der Waals surface area (Å²) in [7, 11) is -3.82. The smallest absolute Gasteiger partial charge is 0.238 e. The van der Waals surface area contributed by atoms with Gasteiger partial charge in [-0.15, -0.1) is 0 Å². The Morgan fingerprint density at radius 2 is 1.83 bits per heavy atom. The molecule has 3 aromatic rings. The molecule has 8 heteroatoms. The largest absolute Gasteiger partial charge is 0.312 e. The van der Waals surface area contributed by atoms with Crippen LogP contribution in [0.1, 0.15) is 16.7 Å².